The Morgan fingerprint density at radius 2 is 1.88 bits per heavy atom. The number of hydrogen-bond acceptors (Lipinski definition) is 3. The third kappa shape index (κ3) is 5.25. The minimum absolute atomic E-state index is 0.118. The van der Waals surface area contributed by atoms with Crippen LogP contribution in [0.25, 0.3) is 0 Å². The fourth-order valence-corrected chi connectivity index (χ4v) is 4.62. The van der Waals surface area contributed by atoms with E-state index in [9.17, 15) is 9.59 Å². The first-order valence-corrected chi connectivity index (χ1v) is 12.4. The van der Waals surface area contributed by atoms with Gasteiger partial charge in [-0.05, 0) is 48.2 Å². The molecule has 1 saturated carbocycles. The summed E-state index contributed by atoms with van der Waals surface area (Å²) in [4.78, 5) is 23.2. The number of aldehydes is 1. The molecule has 1 aliphatic rings. The zero-order valence-corrected chi connectivity index (χ0v) is 18.0. The second-order valence-electron chi connectivity index (χ2n) is 9.61. The summed E-state index contributed by atoms with van der Waals surface area (Å²) in [5.41, 5.74) is 0. The maximum atomic E-state index is 12.1. The van der Waals surface area contributed by atoms with E-state index in [0.29, 0.717) is 36.4 Å². The number of ketones is 1. The highest BCUT2D eigenvalue weighted by Crippen LogP contribution is 2.42. The Morgan fingerprint density at radius 1 is 1.29 bits per heavy atom. The van der Waals surface area contributed by atoms with Crippen molar-refractivity contribution in [3.63, 3.8) is 0 Å². The van der Waals surface area contributed by atoms with E-state index in [1.165, 1.54) is 0 Å². The van der Waals surface area contributed by atoms with Crippen molar-refractivity contribution in [3.8, 4) is 0 Å². The highest BCUT2D eigenvalue weighted by molar-refractivity contribution is 6.74. The molecule has 0 aromatic heterocycles. The zero-order valence-electron chi connectivity index (χ0n) is 17.0. The Bertz CT molecular complexity index is 437. The van der Waals surface area contributed by atoms with Crippen LogP contribution in [0.5, 0.6) is 0 Å². The quantitative estimate of drug-likeness (QED) is 0.472. The first-order chi connectivity index (χ1) is 10.9. The number of Topliss-reactive ketones (excluding diaryl/α,β-unsaturated/α-hetero) is 1. The molecule has 0 aliphatic heterocycles. The van der Waals surface area contributed by atoms with Crippen LogP contribution in [0.3, 0.4) is 0 Å². The summed E-state index contributed by atoms with van der Waals surface area (Å²) in [6.07, 6.45) is 2.97. The average Bonchev–Trinajstić information content (AvgIpc) is 2.42. The molecule has 0 bridgehead atoms. The second-order valence-corrected chi connectivity index (χ2v) is 14.4. The summed E-state index contributed by atoms with van der Waals surface area (Å²) in [5, 5.41) is 0.201. The Labute approximate surface area is 150 Å². The Hall–Kier alpha value is -0.483. The van der Waals surface area contributed by atoms with Crippen molar-refractivity contribution in [2.24, 2.45) is 29.6 Å². The summed E-state index contributed by atoms with van der Waals surface area (Å²) < 4.78 is 6.52. The normalized spacial score (nSPS) is 27.4. The Morgan fingerprint density at radius 3 is 2.33 bits per heavy atom. The van der Waals surface area contributed by atoms with Crippen molar-refractivity contribution < 1.29 is 14.0 Å². The van der Waals surface area contributed by atoms with Crippen molar-refractivity contribution in [1.29, 1.82) is 0 Å². The molecule has 0 unspecified atom stereocenters. The molecule has 3 nitrogen and oxygen atoms in total. The van der Waals surface area contributed by atoms with Gasteiger partial charge in [-0.25, -0.2) is 0 Å². The summed E-state index contributed by atoms with van der Waals surface area (Å²) >= 11 is 0. The highest BCUT2D eigenvalue weighted by Gasteiger charge is 2.42. The third-order valence-electron chi connectivity index (χ3n) is 6.49. The summed E-state index contributed by atoms with van der Waals surface area (Å²) in [5.74, 6) is 1.96. The molecule has 4 atom stereocenters. The molecule has 1 fully saturated rings. The van der Waals surface area contributed by atoms with Crippen molar-refractivity contribution in [2.75, 3.05) is 6.61 Å². The van der Waals surface area contributed by atoms with Crippen molar-refractivity contribution in [1.82, 2.24) is 0 Å². The van der Waals surface area contributed by atoms with Gasteiger partial charge in [0.15, 0.2) is 8.32 Å². The molecule has 4 heteroatoms. The standard InChI is InChI=1S/C20H38O3Si/c1-14(2)18(13-23-24(7,8)20(4,5)6)17-11-15(3)19(22)12-16(17)9-10-21/h10,14-18H,9,11-13H2,1-8H3/t15-,16-,17+,18-/m0/s1. The molecular weight excluding hydrogens is 316 g/mol. The fraction of sp³-hybridized carbons (Fsp3) is 0.900. The van der Waals surface area contributed by atoms with Gasteiger partial charge in [-0.15, -0.1) is 0 Å². The van der Waals surface area contributed by atoms with Crippen molar-refractivity contribution in [2.45, 2.75) is 78.9 Å². The molecule has 0 aromatic carbocycles. The maximum absolute atomic E-state index is 12.1. The van der Waals surface area contributed by atoms with E-state index in [-0.39, 0.29) is 16.9 Å². The van der Waals surface area contributed by atoms with Gasteiger partial charge in [0.2, 0.25) is 0 Å². The average molecular weight is 355 g/mol. The molecule has 0 radical (unpaired) electrons. The van der Waals surface area contributed by atoms with Gasteiger partial charge in [-0.1, -0.05) is 41.5 Å². The number of hydrogen-bond donors (Lipinski definition) is 0. The van der Waals surface area contributed by atoms with Crippen LogP contribution in [0.4, 0.5) is 0 Å². The highest BCUT2D eigenvalue weighted by atomic mass is 28.4. The lowest BCUT2D eigenvalue weighted by atomic mass is 9.65. The van der Waals surface area contributed by atoms with Crippen molar-refractivity contribution >= 4 is 20.4 Å². The van der Waals surface area contributed by atoms with E-state index in [2.05, 4.69) is 47.7 Å². The number of carbonyl (C=O) groups is 2. The lowest BCUT2D eigenvalue weighted by Crippen LogP contribution is -2.45. The van der Waals surface area contributed by atoms with Crippen LogP contribution < -0.4 is 0 Å². The lowest BCUT2D eigenvalue weighted by Gasteiger charge is -2.43. The molecule has 1 rings (SSSR count). The van der Waals surface area contributed by atoms with Crippen LogP contribution in [0.15, 0.2) is 0 Å². The van der Waals surface area contributed by atoms with Crippen LogP contribution in [0, 0.1) is 29.6 Å². The van der Waals surface area contributed by atoms with Gasteiger partial charge >= 0.3 is 0 Å². The largest absolute Gasteiger partial charge is 0.417 e. The van der Waals surface area contributed by atoms with E-state index < -0.39 is 8.32 Å². The maximum Gasteiger partial charge on any atom is 0.191 e. The number of carbonyl (C=O) groups excluding carboxylic acids is 2. The summed E-state index contributed by atoms with van der Waals surface area (Å²) in [6, 6.07) is 0. The van der Waals surface area contributed by atoms with Gasteiger partial charge in [0.1, 0.15) is 12.1 Å². The molecule has 24 heavy (non-hydrogen) atoms. The predicted molar refractivity (Wildman–Crippen MR) is 103 cm³/mol. The summed E-state index contributed by atoms with van der Waals surface area (Å²) in [7, 11) is -1.78. The summed E-state index contributed by atoms with van der Waals surface area (Å²) in [6.45, 7) is 18.7. The molecular formula is C20H38O3Si. The molecule has 0 saturated heterocycles. The Balaban J connectivity index is 2.92. The monoisotopic (exact) mass is 354 g/mol. The first kappa shape index (κ1) is 21.6. The van der Waals surface area contributed by atoms with E-state index in [0.717, 1.165) is 19.3 Å². The van der Waals surface area contributed by atoms with Gasteiger partial charge < -0.3 is 9.22 Å². The van der Waals surface area contributed by atoms with Gasteiger partial charge in [-0.2, -0.15) is 0 Å². The van der Waals surface area contributed by atoms with Gasteiger partial charge in [0.25, 0.3) is 0 Å². The van der Waals surface area contributed by atoms with E-state index in [4.69, 9.17) is 4.43 Å². The number of rotatable bonds is 7. The van der Waals surface area contributed by atoms with Crippen LogP contribution in [0.2, 0.25) is 18.1 Å². The lowest BCUT2D eigenvalue weighted by molar-refractivity contribution is -0.129. The van der Waals surface area contributed by atoms with E-state index >= 15 is 0 Å². The minimum Gasteiger partial charge on any atom is -0.417 e. The third-order valence-corrected chi connectivity index (χ3v) is 11.0. The molecule has 0 spiro atoms. The molecule has 0 N–H and O–H groups in total. The minimum atomic E-state index is -1.78. The molecule has 0 aromatic rings. The van der Waals surface area contributed by atoms with Gasteiger partial charge in [0, 0.05) is 25.4 Å². The zero-order chi connectivity index (χ0) is 18.7. The van der Waals surface area contributed by atoms with E-state index in [1.54, 1.807) is 0 Å². The SMILES string of the molecule is CC(C)[C@H](CO[Si](C)(C)C(C)(C)C)[C@@H]1C[C@H](C)C(=O)C[C@@H]1CC=O. The first-order valence-electron chi connectivity index (χ1n) is 9.51. The van der Waals surface area contributed by atoms with Crippen molar-refractivity contribution in [3.05, 3.63) is 0 Å². The topological polar surface area (TPSA) is 43.4 Å². The van der Waals surface area contributed by atoms with Crippen LogP contribution in [-0.4, -0.2) is 27.0 Å². The van der Waals surface area contributed by atoms with Crippen LogP contribution in [0.1, 0.15) is 60.8 Å². The smallest absolute Gasteiger partial charge is 0.191 e. The predicted octanol–water partition coefficient (Wildman–Crippen LogP) is 5.10. The molecule has 0 heterocycles. The molecule has 140 valence electrons. The molecule has 0 amide bonds. The van der Waals surface area contributed by atoms with E-state index in [1.807, 2.05) is 6.92 Å². The fourth-order valence-electron chi connectivity index (χ4n) is 3.58. The van der Waals surface area contributed by atoms with Gasteiger partial charge in [-0.3, -0.25) is 4.79 Å². The Kier molecular flexibility index (Phi) is 7.42. The second kappa shape index (κ2) is 8.26. The van der Waals surface area contributed by atoms with Crippen LogP contribution in [-0.2, 0) is 14.0 Å². The van der Waals surface area contributed by atoms with Gasteiger partial charge in [0.05, 0.1) is 0 Å². The molecule has 1 aliphatic carbocycles. The van der Waals surface area contributed by atoms with Crippen LogP contribution >= 0.6 is 0 Å².